The second kappa shape index (κ2) is 8.28. The Morgan fingerprint density at radius 3 is 2.32 bits per heavy atom. The average Bonchev–Trinajstić information content (AvgIpc) is 2.45. The number of rotatable bonds is 5. The largest absolute Gasteiger partial charge is 0.356 e. The zero-order valence-electron chi connectivity index (χ0n) is 12.0. The summed E-state index contributed by atoms with van der Waals surface area (Å²) in [6, 6.07) is 0. The van der Waals surface area contributed by atoms with Gasteiger partial charge in [-0.3, -0.25) is 4.79 Å². The Morgan fingerprint density at radius 1 is 0.947 bits per heavy atom. The molecule has 0 aromatic carbocycles. The van der Waals surface area contributed by atoms with Crippen molar-refractivity contribution < 1.29 is 4.79 Å². The summed E-state index contributed by atoms with van der Waals surface area (Å²) in [5.74, 6) is 1.82. The van der Waals surface area contributed by atoms with Crippen LogP contribution in [-0.4, -0.2) is 17.3 Å². The Balaban J connectivity index is 1.54. The van der Waals surface area contributed by atoms with Gasteiger partial charge in [0.05, 0.1) is 0 Å². The van der Waals surface area contributed by atoms with E-state index >= 15 is 0 Å². The zero-order chi connectivity index (χ0) is 13.5. The van der Waals surface area contributed by atoms with Crippen LogP contribution in [0.25, 0.3) is 0 Å². The van der Waals surface area contributed by atoms with Gasteiger partial charge in [0.2, 0.25) is 5.91 Å². The summed E-state index contributed by atoms with van der Waals surface area (Å²) in [6.07, 6.45) is 13.8. The first-order valence-electron chi connectivity index (χ1n) is 8.15. The maximum Gasteiger partial charge on any atom is 0.220 e. The van der Waals surface area contributed by atoms with Gasteiger partial charge < -0.3 is 5.32 Å². The number of hydrogen-bond acceptors (Lipinski definition) is 1. The van der Waals surface area contributed by atoms with E-state index in [0.717, 1.165) is 25.3 Å². The summed E-state index contributed by atoms with van der Waals surface area (Å²) < 4.78 is 0. The van der Waals surface area contributed by atoms with Gasteiger partial charge in [-0.05, 0) is 43.9 Å². The van der Waals surface area contributed by atoms with Gasteiger partial charge in [-0.15, -0.1) is 0 Å². The average molecular weight is 330 g/mol. The van der Waals surface area contributed by atoms with Gasteiger partial charge in [-0.25, -0.2) is 0 Å². The molecule has 110 valence electrons. The van der Waals surface area contributed by atoms with E-state index in [0.29, 0.717) is 10.7 Å². The van der Waals surface area contributed by atoms with Crippen LogP contribution in [0.4, 0.5) is 0 Å². The van der Waals surface area contributed by atoms with E-state index in [4.69, 9.17) is 0 Å². The highest BCUT2D eigenvalue weighted by atomic mass is 79.9. The van der Waals surface area contributed by atoms with Crippen LogP contribution in [0.5, 0.6) is 0 Å². The molecule has 0 bridgehead atoms. The molecule has 0 aromatic heterocycles. The summed E-state index contributed by atoms with van der Waals surface area (Å²) >= 11 is 3.68. The van der Waals surface area contributed by atoms with E-state index in [2.05, 4.69) is 21.2 Å². The van der Waals surface area contributed by atoms with Crippen molar-refractivity contribution in [3.05, 3.63) is 0 Å². The molecule has 19 heavy (non-hydrogen) atoms. The Kier molecular flexibility index (Phi) is 6.69. The van der Waals surface area contributed by atoms with Gasteiger partial charge in [0.1, 0.15) is 0 Å². The topological polar surface area (TPSA) is 29.1 Å². The summed E-state index contributed by atoms with van der Waals surface area (Å²) in [5, 5.41) is 3.15. The molecule has 2 nitrogen and oxygen atoms in total. The van der Waals surface area contributed by atoms with Crippen LogP contribution in [0.3, 0.4) is 0 Å². The quantitative estimate of drug-likeness (QED) is 0.743. The van der Waals surface area contributed by atoms with Crippen molar-refractivity contribution in [3.8, 4) is 0 Å². The SMILES string of the molecule is O=C(CCC1CCCCC1)NCC1CCC(Br)CC1. The Morgan fingerprint density at radius 2 is 1.63 bits per heavy atom. The van der Waals surface area contributed by atoms with Gasteiger partial charge >= 0.3 is 0 Å². The smallest absolute Gasteiger partial charge is 0.220 e. The molecule has 1 amide bonds. The Bertz CT molecular complexity index is 268. The molecule has 0 unspecified atom stereocenters. The van der Waals surface area contributed by atoms with Crippen LogP contribution in [-0.2, 0) is 4.79 Å². The molecule has 0 spiro atoms. The van der Waals surface area contributed by atoms with E-state index in [1.54, 1.807) is 0 Å². The van der Waals surface area contributed by atoms with E-state index in [9.17, 15) is 4.79 Å². The number of nitrogens with one attached hydrogen (secondary N) is 1. The maximum atomic E-state index is 11.9. The second-order valence-electron chi connectivity index (χ2n) is 6.46. The number of amides is 1. The number of alkyl halides is 1. The molecular formula is C16H28BrNO. The predicted molar refractivity (Wildman–Crippen MR) is 83.5 cm³/mol. The molecule has 0 atom stereocenters. The highest BCUT2D eigenvalue weighted by molar-refractivity contribution is 9.09. The van der Waals surface area contributed by atoms with Crippen molar-refractivity contribution >= 4 is 21.8 Å². The molecular weight excluding hydrogens is 302 g/mol. The first-order chi connectivity index (χ1) is 9.24. The third kappa shape index (κ3) is 5.85. The molecule has 0 saturated heterocycles. The summed E-state index contributed by atoms with van der Waals surface area (Å²) in [4.78, 5) is 12.6. The zero-order valence-corrected chi connectivity index (χ0v) is 13.6. The molecule has 0 aromatic rings. The first-order valence-corrected chi connectivity index (χ1v) is 9.06. The van der Waals surface area contributed by atoms with Crippen molar-refractivity contribution in [2.75, 3.05) is 6.54 Å². The molecule has 3 heteroatoms. The normalized spacial score (nSPS) is 29.1. The third-order valence-corrected chi connectivity index (χ3v) is 5.78. The molecule has 0 aliphatic heterocycles. The van der Waals surface area contributed by atoms with Crippen molar-refractivity contribution in [3.63, 3.8) is 0 Å². The standard InChI is InChI=1S/C16H28BrNO/c17-15-9-6-14(7-10-15)12-18-16(19)11-8-13-4-2-1-3-5-13/h13-15H,1-12H2,(H,18,19). The molecule has 2 saturated carbocycles. The van der Waals surface area contributed by atoms with Crippen LogP contribution in [0.1, 0.15) is 70.6 Å². The number of hydrogen-bond donors (Lipinski definition) is 1. The number of halogens is 1. The molecule has 1 N–H and O–H groups in total. The lowest BCUT2D eigenvalue weighted by molar-refractivity contribution is -0.121. The lowest BCUT2D eigenvalue weighted by atomic mass is 9.86. The molecule has 2 fully saturated rings. The second-order valence-corrected chi connectivity index (χ2v) is 7.76. The summed E-state index contributed by atoms with van der Waals surface area (Å²) in [6.45, 7) is 0.906. The van der Waals surface area contributed by atoms with Gasteiger partial charge in [0, 0.05) is 17.8 Å². The maximum absolute atomic E-state index is 11.9. The Hall–Kier alpha value is -0.0500. The number of carbonyl (C=O) groups excluding carboxylic acids is 1. The lowest BCUT2D eigenvalue weighted by Gasteiger charge is -2.25. The first kappa shape index (κ1) is 15.3. The number of carbonyl (C=O) groups is 1. The lowest BCUT2D eigenvalue weighted by Crippen LogP contribution is -2.31. The summed E-state index contributed by atoms with van der Waals surface area (Å²) in [5.41, 5.74) is 0. The van der Waals surface area contributed by atoms with Crippen LogP contribution < -0.4 is 5.32 Å². The fraction of sp³-hybridized carbons (Fsp3) is 0.938. The molecule has 2 aliphatic rings. The van der Waals surface area contributed by atoms with Crippen molar-refractivity contribution in [1.29, 1.82) is 0 Å². The highest BCUT2D eigenvalue weighted by Gasteiger charge is 2.20. The van der Waals surface area contributed by atoms with Crippen LogP contribution >= 0.6 is 15.9 Å². The van der Waals surface area contributed by atoms with E-state index < -0.39 is 0 Å². The fourth-order valence-electron chi connectivity index (χ4n) is 3.48. The molecule has 0 heterocycles. The summed E-state index contributed by atoms with van der Waals surface area (Å²) in [7, 11) is 0. The van der Waals surface area contributed by atoms with Gasteiger partial charge in [-0.1, -0.05) is 48.0 Å². The molecule has 0 radical (unpaired) electrons. The Labute approximate surface area is 126 Å². The minimum absolute atomic E-state index is 0.284. The van der Waals surface area contributed by atoms with Gasteiger partial charge in [-0.2, -0.15) is 0 Å². The van der Waals surface area contributed by atoms with Crippen LogP contribution in [0, 0.1) is 11.8 Å². The van der Waals surface area contributed by atoms with Crippen LogP contribution in [0.15, 0.2) is 0 Å². The monoisotopic (exact) mass is 329 g/mol. The minimum Gasteiger partial charge on any atom is -0.356 e. The van der Waals surface area contributed by atoms with Crippen molar-refractivity contribution in [2.45, 2.75) is 75.5 Å². The van der Waals surface area contributed by atoms with Gasteiger partial charge in [0.25, 0.3) is 0 Å². The predicted octanol–water partition coefficient (Wildman–Crippen LogP) is 4.42. The van der Waals surface area contributed by atoms with Gasteiger partial charge in [0.15, 0.2) is 0 Å². The minimum atomic E-state index is 0.284. The van der Waals surface area contributed by atoms with Crippen molar-refractivity contribution in [1.82, 2.24) is 5.32 Å². The van der Waals surface area contributed by atoms with Crippen molar-refractivity contribution in [2.24, 2.45) is 11.8 Å². The van der Waals surface area contributed by atoms with E-state index in [-0.39, 0.29) is 5.91 Å². The third-order valence-electron chi connectivity index (χ3n) is 4.87. The van der Waals surface area contributed by atoms with E-state index in [1.807, 2.05) is 0 Å². The van der Waals surface area contributed by atoms with E-state index in [1.165, 1.54) is 57.8 Å². The highest BCUT2D eigenvalue weighted by Crippen LogP contribution is 2.29. The van der Waals surface area contributed by atoms with Crippen LogP contribution in [0.2, 0.25) is 0 Å². The molecule has 2 aliphatic carbocycles. The fourth-order valence-corrected chi connectivity index (χ4v) is 4.01. The molecule has 2 rings (SSSR count).